The van der Waals surface area contributed by atoms with Gasteiger partial charge in [0.15, 0.2) is 0 Å². The summed E-state index contributed by atoms with van der Waals surface area (Å²) in [7, 11) is -3.91. The maximum atomic E-state index is 11.3. The molecule has 8 heteroatoms. The minimum absolute atomic E-state index is 0.0894. The van der Waals surface area contributed by atoms with Gasteiger partial charge >= 0.3 is 5.97 Å². The van der Waals surface area contributed by atoms with E-state index in [9.17, 15) is 18.3 Å². The molecule has 2 rings (SSSR count). The Morgan fingerprint density at radius 3 is 2.60 bits per heavy atom. The van der Waals surface area contributed by atoms with Crippen LogP contribution in [0.2, 0.25) is 0 Å². The summed E-state index contributed by atoms with van der Waals surface area (Å²) in [5, 5.41) is 17.3. The number of hydrogen-bond acceptors (Lipinski definition) is 5. The minimum Gasteiger partial charge on any atom is -0.478 e. The molecule has 0 bridgehead atoms. The predicted molar refractivity (Wildman–Crippen MR) is 78.7 cm³/mol. The molecule has 6 nitrogen and oxygen atoms in total. The van der Waals surface area contributed by atoms with Crippen LogP contribution in [0.5, 0.6) is 0 Å². The highest BCUT2D eigenvalue weighted by atomic mass is 32.2. The summed E-state index contributed by atoms with van der Waals surface area (Å²) in [6, 6.07) is 3.83. The number of rotatable bonds is 6. The molecule has 1 aliphatic carbocycles. The normalized spacial score (nSPS) is 16.7. The van der Waals surface area contributed by atoms with Gasteiger partial charge in [-0.2, -0.15) is 11.8 Å². The third-order valence-corrected chi connectivity index (χ3v) is 5.72. The molecule has 0 aliphatic heterocycles. The van der Waals surface area contributed by atoms with Gasteiger partial charge in [-0.1, -0.05) is 0 Å². The summed E-state index contributed by atoms with van der Waals surface area (Å²) in [6.45, 7) is 0.656. The maximum absolute atomic E-state index is 11.3. The molecule has 0 unspecified atom stereocenters. The number of sulfonamides is 1. The Labute approximate surface area is 121 Å². The van der Waals surface area contributed by atoms with Crippen LogP contribution < -0.4 is 10.5 Å². The van der Waals surface area contributed by atoms with E-state index in [0.29, 0.717) is 12.2 Å². The fraction of sp³-hybridized carbons (Fsp3) is 0.417. The summed E-state index contributed by atoms with van der Waals surface area (Å²) in [5.74, 6) is -1.19. The number of aromatic carboxylic acids is 1. The zero-order chi connectivity index (χ0) is 15.0. The van der Waals surface area contributed by atoms with Crippen LogP contribution >= 0.6 is 11.8 Å². The third-order valence-electron chi connectivity index (χ3n) is 3.39. The van der Waals surface area contributed by atoms with Crippen molar-refractivity contribution >= 4 is 33.4 Å². The first-order chi connectivity index (χ1) is 9.27. The summed E-state index contributed by atoms with van der Waals surface area (Å²) in [4.78, 5) is 11.0. The van der Waals surface area contributed by atoms with Crippen molar-refractivity contribution in [2.24, 2.45) is 5.14 Å². The van der Waals surface area contributed by atoms with Gasteiger partial charge in [0, 0.05) is 17.0 Å². The Hall–Kier alpha value is -1.25. The Morgan fingerprint density at radius 2 is 2.15 bits per heavy atom. The molecule has 0 heterocycles. The average molecular weight is 316 g/mol. The number of nitrogens with two attached hydrogens (primary N) is 1. The molecule has 1 aromatic rings. The predicted octanol–water partition coefficient (Wildman–Crippen LogP) is 1.34. The van der Waals surface area contributed by atoms with E-state index in [0.717, 1.165) is 18.9 Å². The highest BCUT2D eigenvalue weighted by Gasteiger charge is 2.41. The lowest BCUT2D eigenvalue weighted by atomic mass is 10.1. The van der Waals surface area contributed by atoms with E-state index < -0.39 is 16.0 Å². The number of anilines is 1. The van der Waals surface area contributed by atoms with Crippen LogP contribution in [0.1, 0.15) is 23.2 Å². The molecule has 20 heavy (non-hydrogen) atoms. The molecular formula is C12H16N2O4S2. The second-order valence-corrected chi connectivity index (χ2v) is 7.63. The lowest BCUT2D eigenvalue weighted by Crippen LogP contribution is -2.19. The van der Waals surface area contributed by atoms with Gasteiger partial charge in [-0.15, -0.1) is 0 Å². The highest BCUT2D eigenvalue weighted by Crippen LogP contribution is 2.47. The molecule has 1 aliphatic rings. The molecule has 0 amide bonds. The number of nitrogens with one attached hydrogen (secondary N) is 1. The molecular weight excluding hydrogens is 300 g/mol. The van der Waals surface area contributed by atoms with Crippen LogP contribution in [0.25, 0.3) is 0 Å². The summed E-state index contributed by atoms with van der Waals surface area (Å²) in [5.41, 5.74) is 0.318. The van der Waals surface area contributed by atoms with Crippen LogP contribution in [0.4, 0.5) is 5.69 Å². The van der Waals surface area contributed by atoms with Gasteiger partial charge < -0.3 is 10.4 Å². The van der Waals surface area contributed by atoms with E-state index in [1.165, 1.54) is 12.1 Å². The first kappa shape index (κ1) is 15.1. The Balaban J connectivity index is 2.26. The van der Waals surface area contributed by atoms with Gasteiger partial charge in [0.05, 0.1) is 10.5 Å². The van der Waals surface area contributed by atoms with Crippen molar-refractivity contribution in [2.75, 3.05) is 18.1 Å². The fourth-order valence-electron chi connectivity index (χ4n) is 1.88. The van der Waals surface area contributed by atoms with E-state index in [1.54, 1.807) is 11.8 Å². The number of benzene rings is 1. The molecule has 0 atom stereocenters. The lowest BCUT2D eigenvalue weighted by molar-refractivity contribution is 0.0697. The quantitative estimate of drug-likeness (QED) is 0.730. The molecule has 4 N–H and O–H groups in total. The first-order valence-corrected chi connectivity index (χ1v) is 8.74. The van der Waals surface area contributed by atoms with E-state index in [1.807, 2.05) is 6.26 Å². The number of hydrogen-bond donors (Lipinski definition) is 3. The molecule has 0 aromatic heterocycles. The van der Waals surface area contributed by atoms with Crippen molar-refractivity contribution < 1.29 is 18.3 Å². The van der Waals surface area contributed by atoms with Crippen LogP contribution in [-0.2, 0) is 10.0 Å². The zero-order valence-electron chi connectivity index (χ0n) is 10.9. The minimum atomic E-state index is -3.91. The molecule has 1 aromatic carbocycles. The molecule has 110 valence electrons. The molecule has 1 saturated carbocycles. The Bertz CT molecular complexity index is 639. The largest absolute Gasteiger partial charge is 0.478 e. The van der Waals surface area contributed by atoms with Crippen molar-refractivity contribution in [2.45, 2.75) is 22.5 Å². The smallest absolute Gasteiger partial charge is 0.337 e. The van der Waals surface area contributed by atoms with E-state index in [2.05, 4.69) is 5.32 Å². The van der Waals surface area contributed by atoms with E-state index >= 15 is 0 Å². The van der Waals surface area contributed by atoms with E-state index in [-0.39, 0.29) is 15.2 Å². The zero-order valence-corrected chi connectivity index (χ0v) is 12.6. The molecule has 0 saturated heterocycles. The van der Waals surface area contributed by atoms with Crippen LogP contribution in [-0.4, -0.2) is 37.0 Å². The van der Waals surface area contributed by atoms with Crippen molar-refractivity contribution in [1.29, 1.82) is 0 Å². The number of thioether (sulfide) groups is 1. The van der Waals surface area contributed by atoms with Gasteiger partial charge in [-0.05, 0) is 37.3 Å². The Kier molecular flexibility index (Phi) is 3.99. The topological polar surface area (TPSA) is 109 Å². The van der Waals surface area contributed by atoms with Crippen molar-refractivity contribution in [3.8, 4) is 0 Å². The van der Waals surface area contributed by atoms with Crippen molar-refractivity contribution in [1.82, 2.24) is 0 Å². The van der Waals surface area contributed by atoms with Crippen LogP contribution in [0.3, 0.4) is 0 Å². The Morgan fingerprint density at radius 1 is 1.50 bits per heavy atom. The monoisotopic (exact) mass is 316 g/mol. The van der Waals surface area contributed by atoms with Crippen LogP contribution in [0.15, 0.2) is 23.1 Å². The summed E-state index contributed by atoms with van der Waals surface area (Å²) < 4.78 is 22.7. The van der Waals surface area contributed by atoms with Gasteiger partial charge in [-0.25, -0.2) is 18.4 Å². The highest BCUT2D eigenvalue weighted by molar-refractivity contribution is 8.00. The first-order valence-electron chi connectivity index (χ1n) is 5.97. The van der Waals surface area contributed by atoms with Crippen molar-refractivity contribution in [3.05, 3.63) is 23.8 Å². The summed E-state index contributed by atoms with van der Waals surface area (Å²) >= 11 is 1.75. The van der Waals surface area contributed by atoms with Crippen LogP contribution in [0, 0.1) is 0 Å². The average Bonchev–Trinajstić information content (AvgIpc) is 3.15. The molecule has 0 spiro atoms. The lowest BCUT2D eigenvalue weighted by Gasteiger charge is -2.16. The standard InChI is InChI=1S/C12H16N2O4S2/c1-19-12(4-5-12)7-14-10-3-2-8(20(13,17)18)6-9(10)11(15)16/h2-3,6,14H,4-5,7H2,1H3,(H,15,16)(H2,13,17,18). The van der Waals surface area contributed by atoms with Crippen molar-refractivity contribution in [3.63, 3.8) is 0 Å². The SMILES string of the molecule is CSC1(CNc2ccc(S(N)(=O)=O)cc2C(=O)O)CC1. The second-order valence-electron chi connectivity index (χ2n) is 4.80. The van der Waals surface area contributed by atoms with Gasteiger partial charge in [0.1, 0.15) is 0 Å². The third kappa shape index (κ3) is 3.25. The van der Waals surface area contributed by atoms with Gasteiger partial charge in [-0.3, -0.25) is 0 Å². The number of carbonyl (C=O) groups is 1. The number of primary sulfonamides is 1. The fourth-order valence-corrected chi connectivity index (χ4v) is 3.15. The second kappa shape index (κ2) is 5.27. The number of carboxylic acid groups (broad SMARTS) is 1. The maximum Gasteiger partial charge on any atom is 0.337 e. The van der Waals surface area contributed by atoms with Gasteiger partial charge in [0.25, 0.3) is 0 Å². The summed E-state index contributed by atoms with van der Waals surface area (Å²) in [6.07, 6.45) is 4.22. The molecule has 0 radical (unpaired) electrons. The van der Waals surface area contributed by atoms with Gasteiger partial charge in [0.2, 0.25) is 10.0 Å². The molecule has 1 fully saturated rings. The van der Waals surface area contributed by atoms with E-state index in [4.69, 9.17) is 5.14 Å². The number of carboxylic acids is 1.